The minimum absolute atomic E-state index is 0.382. The molecule has 140 valence electrons. The lowest BCUT2D eigenvalue weighted by atomic mass is 10.0. The number of aromatic nitrogens is 4. The summed E-state index contributed by atoms with van der Waals surface area (Å²) in [7, 11) is 0. The van der Waals surface area contributed by atoms with Gasteiger partial charge in [-0.3, -0.25) is 9.88 Å². The second kappa shape index (κ2) is 7.88. The number of nitrogens with one attached hydrogen (secondary N) is 1. The monoisotopic (exact) mass is 362 g/mol. The Kier molecular flexibility index (Phi) is 5.16. The summed E-state index contributed by atoms with van der Waals surface area (Å²) in [6.07, 6.45) is 5.89. The summed E-state index contributed by atoms with van der Waals surface area (Å²) in [5, 5.41) is 8.08. The van der Waals surface area contributed by atoms with Crippen LogP contribution >= 0.6 is 0 Å². The predicted octanol–water partition coefficient (Wildman–Crippen LogP) is 3.36. The molecule has 1 saturated heterocycles. The lowest BCUT2D eigenvalue weighted by Gasteiger charge is -2.33. The fraction of sp³-hybridized carbons (Fsp3) is 0.381. The van der Waals surface area contributed by atoms with E-state index in [0.29, 0.717) is 6.04 Å². The van der Waals surface area contributed by atoms with Crippen LogP contribution in [0.3, 0.4) is 0 Å². The van der Waals surface area contributed by atoms with E-state index in [4.69, 9.17) is 4.98 Å². The summed E-state index contributed by atoms with van der Waals surface area (Å²) in [4.78, 5) is 11.6. The van der Waals surface area contributed by atoms with Gasteiger partial charge in [-0.25, -0.2) is 9.67 Å². The van der Waals surface area contributed by atoms with Gasteiger partial charge in [-0.2, -0.15) is 5.10 Å². The summed E-state index contributed by atoms with van der Waals surface area (Å²) in [6, 6.07) is 13.1. The van der Waals surface area contributed by atoms with Crippen molar-refractivity contribution in [3.63, 3.8) is 0 Å². The molecule has 0 saturated carbocycles. The molecule has 3 heterocycles. The Morgan fingerprint density at radius 3 is 2.78 bits per heavy atom. The molecule has 6 heteroatoms. The van der Waals surface area contributed by atoms with Crippen LogP contribution in [0.15, 0.2) is 48.8 Å². The Morgan fingerprint density at radius 2 is 2.00 bits per heavy atom. The fourth-order valence-corrected chi connectivity index (χ4v) is 3.76. The fourth-order valence-electron chi connectivity index (χ4n) is 3.76. The van der Waals surface area contributed by atoms with Gasteiger partial charge in [0.2, 0.25) is 0 Å². The molecule has 1 unspecified atom stereocenters. The van der Waals surface area contributed by atoms with E-state index < -0.39 is 0 Å². The number of hydrogen-bond donors (Lipinski definition) is 1. The molecule has 3 aromatic rings. The van der Waals surface area contributed by atoms with Crippen molar-refractivity contribution in [3.05, 3.63) is 65.7 Å². The molecule has 0 spiro atoms. The second-order valence-corrected chi connectivity index (χ2v) is 7.31. The lowest BCUT2D eigenvalue weighted by molar-refractivity contribution is 0.208. The van der Waals surface area contributed by atoms with Gasteiger partial charge in [-0.1, -0.05) is 30.3 Å². The van der Waals surface area contributed by atoms with Crippen molar-refractivity contribution >= 4 is 5.82 Å². The van der Waals surface area contributed by atoms with Crippen LogP contribution in [0.2, 0.25) is 0 Å². The van der Waals surface area contributed by atoms with Gasteiger partial charge in [0, 0.05) is 24.8 Å². The van der Waals surface area contributed by atoms with Gasteiger partial charge in [0.1, 0.15) is 5.82 Å². The average Bonchev–Trinajstić information content (AvgIpc) is 3.01. The van der Waals surface area contributed by atoms with E-state index in [1.165, 1.54) is 12.0 Å². The zero-order valence-corrected chi connectivity index (χ0v) is 16.0. The number of benzene rings is 1. The van der Waals surface area contributed by atoms with Gasteiger partial charge in [-0.05, 0) is 44.9 Å². The van der Waals surface area contributed by atoms with Crippen molar-refractivity contribution in [3.8, 4) is 5.82 Å². The third-order valence-electron chi connectivity index (χ3n) is 4.95. The topological polar surface area (TPSA) is 58.9 Å². The van der Waals surface area contributed by atoms with Crippen molar-refractivity contribution in [2.24, 2.45) is 0 Å². The quantitative estimate of drug-likeness (QED) is 0.754. The van der Waals surface area contributed by atoms with Crippen LogP contribution in [0.5, 0.6) is 0 Å². The van der Waals surface area contributed by atoms with E-state index in [0.717, 1.165) is 49.1 Å². The van der Waals surface area contributed by atoms with Gasteiger partial charge in [0.15, 0.2) is 5.82 Å². The van der Waals surface area contributed by atoms with Gasteiger partial charge in [0.25, 0.3) is 0 Å². The van der Waals surface area contributed by atoms with Crippen LogP contribution in [0, 0.1) is 13.8 Å². The molecule has 0 amide bonds. The first-order valence-electron chi connectivity index (χ1n) is 9.56. The molecular formula is C21H26N6. The van der Waals surface area contributed by atoms with Crippen molar-refractivity contribution in [1.29, 1.82) is 0 Å². The average molecular weight is 362 g/mol. The van der Waals surface area contributed by atoms with Crippen molar-refractivity contribution < 1.29 is 0 Å². The van der Waals surface area contributed by atoms with E-state index in [-0.39, 0.29) is 0 Å². The number of anilines is 1. The summed E-state index contributed by atoms with van der Waals surface area (Å²) in [5.41, 5.74) is 3.41. The molecule has 1 aliphatic rings. The molecular weight excluding hydrogens is 336 g/mol. The summed E-state index contributed by atoms with van der Waals surface area (Å²) in [5.74, 6) is 1.56. The Bertz CT molecular complexity index is 889. The third kappa shape index (κ3) is 4.34. The maximum absolute atomic E-state index is 4.73. The normalized spacial score (nSPS) is 17.8. The molecule has 1 atom stereocenters. The minimum Gasteiger partial charge on any atom is -0.365 e. The molecule has 2 aromatic heterocycles. The number of aryl methyl sites for hydroxylation is 2. The summed E-state index contributed by atoms with van der Waals surface area (Å²) >= 11 is 0. The molecule has 0 aliphatic carbocycles. The van der Waals surface area contributed by atoms with Crippen molar-refractivity contribution in [2.45, 2.75) is 39.3 Å². The molecule has 1 fully saturated rings. The van der Waals surface area contributed by atoms with Gasteiger partial charge >= 0.3 is 0 Å². The van der Waals surface area contributed by atoms with E-state index in [2.05, 4.69) is 50.6 Å². The highest BCUT2D eigenvalue weighted by Crippen LogP contribution is 2.18. The first-order valence-corrected chi connectivity index (χ1v) is 9.56. The Morgan fingerprint density at radius 1 is 1.15 bits per heavy atom. The Hall–Kier alpha value is -2.73. The van der Waals surface area contributed by atoms with Crippen LogP contribution in [0.25, 0.3) is 5.82 Å². The molecule has 1 N–H and O–H groups in total. The maximum atomic E-state index is 4.73. The standard InChI is InChI=1S/C21H26N6/c1-16-11-17(2)27(25-16)21-13-22-12-20(24-21)23-19-9-6-10-26(15-19)14-18-7-4-3-5-8-18/h3-5,7-8,11-13,19H,6,9-10,14-15H2,1-2H3,(H,23,24). The Balaban J connectivity index is 1.43. The van der Waals surface area contributed by atoms with Gasteiger partial charge < -0.3 is 5.32 Å². The molecule has 6 nitrogen and oxygen atoms in total. The minimum atomic E-state index is 0.382. The lowest BCUT2D eigenvalue weighted by Crippen LogP contribution is -2.41. The zero-order chi connectivity index (χ0) is 18.6. The third-order valence-corrected chi connectivity index (χ3v) is 4.95. The molecule has 0 radical (unpaired) electrons. The van der Waals surface area contributed by atoms with Gasteiger partial charge in [0.05, 0.1) is 18.1 Å². The number of hydrogen-bond acceptors (Lipinski definition) is 5. The van der Waals surface area contributed by atoms with Crippen LogP contribution in [0.1, 0.15) is 29.8 Å². The number of nitrogens with zero attached hydrogens (tertiary/aromatic N) is 5. The summed E-state index contributed by atoms with van der Waals surface area (Å²) in [6.45, 7) is 7.18. The second-order valence-electron chi connectivity index (χ2n) is 7.31. The highest BCUT2D eigenvalue weighted by Gasteiger charge is 2.20. The van der Waals surface area contributed by atoms with Crippen LogP contribution in [0.4, 0.5) is 5.82 Å². The molecule has 4 rings (SSSR count). The van der Waals surface area contributed by atoms with Crippen LogP contribution < -0.4 is 5.32 Å². The zero-order valence-electron chi connectivity index (χ0n) is 16.0. The number of likely N-dealkylation sites (tertiary alicyclic amines) is 1. The maximum Gasteiger partial charge on any atom is 0.174 e. The van der Waals surface area contributed by atoms with E-state index in [1.54, 1.807) is 12.4 Å². The van der Waals surface area contributed by atoms with E-state index in [1.807, 2.05) is 24.6 Å². The van der Waals surface area contributed by atoms with Gasteiger partial charge in [-0.15, -0.1) is 0 Å². The summed E-state index contributed by atoms with van der Waals surface area (Å²) < 4.78 is 1.84. The number of rotatable bonds is 5. The molecule has 27 heavy (non-hydrogen) atoms. The van der Waals surface area contributed by atoms with Crippen molar-refractivity contribution in [2.75, 3.05) is 18.4 Å². The predicted molar refractivity (Wildman–Crippen MR) is 107 cm³/mol. The molecule has 1 aromatic carbocycles. The first-order chi connectivity index (χ1) is 13.2. The highest BCUT2D eigenvalue weighted by atomic mass is 15.3. The molecule has 0 bridgehead atoms. The van der Waals surface area contributed by atoms with Crippen LogP contribution in [-0.4, -0.2) is 43.8 Å². The highest BCUT2D eigenvalue weighted by molar-refractivity contribution is 5.37. The van der Waals surface area contributed by atoms with E-state index in [9.17, 15) is 0 Å². The SMILES string of the molecule is Cc1cc(C)n(-c2cncc(NC3CCCN(Cc4ccccc4)C3)n2)n1. The van der Waals surface area contributed by atoms with E-state index >= 15 is 0 Å². The first kappa shape index (κ1) is 17.7. The smallest absolute Gasteiger partial charge is 0.174 e. The van der Waals surface area contributed by atoms with Crippen LogP contribution in [-0.2, 0) is 6.54 Å². The number of piperidine rings is 1. The molecule has 1 aliphatic heterocycles. The largest absolute Gasteiger partial charge is 0.365 e. The van der Waals surface area contributed by atoms with Crippen molar-refractivity contribution in [1.82, 2.24) is 24.6 Å². The Labute approximate surface area is 160 Å².